The first-order valence-electron chi connectivity index (χ1n) is 4.56. The molecule has 0 heterocycles. The van der Waals surface area contributed by atoms with E-state index in [9.17, 15) is 23.1 Å². The molecule has 4 N–H and O–H groups in total. The highest BCUT2D eigenvalue weighted by atomic mass is 19.4. The van der Waals surface area contributed by atoms with Crippen molar-refractivity contribution in [3.63, 3.8) is 0 Å². The molecule has 94 valence electrons. The molecule has 1 aromatic carbocycles. The Hall–Kier alpha value is -1.60. The van der Waals surface area contributed by atoms with Crippen molar-refractivity contribution < 1.29 is 28.2 Å². The maximum atomic E-state index is 12.4. The Morgan fingerprint density at radius 2 is 1.88 bits per heavy atom. The van der Waals surface area contributed by atoms with Gasteiger partial charge in [0.25, 0.3) is 0 Å². The number of aliphatic hydroxyl groups is 2. The van der Waals surface area contributed by atoms with Gasteiger partial charge in [0.15, 0.2) is 6.10 Å². The summed E-state index contributed by atoms with van der Waals surface area (Å²) >= 11 is 0. The smallest absolute Gasteiger partial charge is 0.385 e. The second-order valence-electron chi connectivity index (χ2n) is 3.42. The van der Waals surface area contributed by atoms with Crippen LogP contribution >= 0.6 is 0 Å². The summed E-state index contributed by atoms with van der Waals surface area (Å²) in [6, 6.07) is 3.69. The molecule has 0 aliphatic carbocycles. The number of carbonyl (C=O) groups excluding carboxylic acids is 1. The molecule has 0 aromatic heterocycles. The van der Waals surface area contributed by atoms with Crippen molar-refractivity contribution in [1.29, 1.82) is 0 Å². The van der Waals surface area contributed by atoms with Crippen molar-refractivity contribution in [2.75, 3.05) is 0 Å². The minimum atomic E-state index is -4.56. The minimum absolute atomic E-state index is 0.230. The number of rotatable bonds is 3. The molecule has 0 radical (unpaired) electrons. The van der Waals surface area contributed by atoms with Gasteiger partial charge < -0.3 is 15.9 Å². The van der Waals surface area contributed by atoms with Crippen LogP contribution < -0.4 is 5.73 Å². The van der Waals surface area contributed by atoms with Gasteiger partial charge in [-0.05, 0) is 17.7 Å². The maximum Gasteiger partial charge on any atom is 0.416 e. The number of hydrogen-bond donors (Lipinski definition) is 3. The first kappa shape index (κ1) is 13.5. The molecule has 1 aromatic rings. The molecule has 4 nitrogen and oxygen atoms in total. The third-order valence-corrected chi connectivity index (χ3v) is 2.15. The van der Waals surface area contributed by atoms with Crippen molar-refractivity contribution in [2.45, 2.75) is 18.4 Å². The molecule has 0 bridgehead atoms. The third kappa shape index (κ3) is 3.18. The molecular formula is C10H10F3NO3. The van der Waals surface area contributed by atoms with E-state index in [1.165, 1.54) is 0 Å². The minimum Gasteiger partial charge on any atom is -0.385 e. The van der Waals surface area contributed by atoms with Gasteiger partial charge in [-0.2, -0.15) is 13.2 Å². The van der Waals surface area contributed by atoms with E-state index in [-0.39, 0.29) is 5.56 Å². The molecule has 1 rings (SSSR count). The van der Waals surface area contributed by atoms with Gasteiger partial charge in [-0.1, -0.05) is 12.1 Å². The summed E-state index contributed by atoms with van der Waals surface area (Å²) in [5.74, 6) is -1.21. The lowest BCUT2D eigenvalue weighted by Gasteiger charge is -2.16. The van der Waals surface area contributed by atoms with Crippen LogP contribution in [0, 0.1) is 0 Å². The Kier molecular flexibility index (Phi) is 3.74. The zero-order valence-corrected chi connectivity index (χ0v) is 8.48. The van der Waals surface area contributed by atoms with Gasteiger partial charge in [0.1, 0.15) is 6.10 Å². The lowest BCUT2D eigenvalue weighted by molar-refractivity contribution is -0.137. The third-order valence-electron chi connectivity index (χ3n) is 2.15. The van der Waals surface area contributed by atoms with Crippen molar-refractivity contribution in [3.05, 3.63) is 35.4 Å². The predicted molar refractivity (Wildman–Crippen MR) is 51.6 cm³/mol. The van der Waals surface area contributed by atoms with Crippen LogP contribution in [0.4, 0.5) is 13.2 Å². The molecule has 2 unspecified atom stereocenters. The van der Waals surface area contributed by atoms with Crippen molar-refractivity contribution in [1.82, 2.24) is 0 Å². The van der Waals surface area contributed by atoms with Crippen LogP contribution in [0.3, 0.4) is 0 Å². The Labute approximate surface area is 94.5 Å². The van der Waals surface area contributed by atoms with E-state index in [1.54, 1.807) is 0 Å². The molecule has 0 aliphatic rings. The number of alkyl halides is 3. The summed E-state index contributed by atoms with van der Waals surface area (Å²) in [5, 5.41) is 18.6. The Morgan fingerprint density at radius 3 is 2.35 bits per heavy atom. The van der Waals surface area contributed by atoms with Gasteiger partial charge in [-0.15, -0.1) is 0 Å². The van der Waals surface area contributed by atoms with Crippen LogP contribution in [-0.4, -0.2) is 22.2 Å². The van der Waals surface area contributed by atoms with Crippen molar-refractivity contribution in [2.24, 2.45) is 5.73 Å². The van der Waals surface area contributed by atoms with Gasteiger partial charge in [0, 0.05) is 0 Å². The average molecular weight is 249 g/mol. The molecule has 17 heavy (non-hydrogen) atoms. The van der Waals surface area contributed by atoms with Gasteiger partial charge in [-0.3, -0.25) is 4.79 Å². The molecule has 7 heteroatoms. The van der Waals surface area contributed by atoms with E-state index in [2.05, 4.69) is 0 Å². The van der Waals surface area contributed by atoms with Gasteiger partial charge in [0.05, 0.1) is 5.56 Å². The van der Waals surface area contributed by atoms with Crippen molar-refractivity contribution >= 4 is 5.91 Å². The predicted octanol–water partition coefficient (Wildman–Crippen LogP) is 0.585. The fraction of sp³-hybridized carbons (Fsp3) is 0.300. The van der Waals surface area contributed by atoms with E-state index >= 15 is 0 Å². The Bertz CT molecular complexity index is 420. The quantitative estimate of drug-likeness (QED) is 0.732. The summed E-state index contributed by atoms with van der Waals surface area (Å²) in [6.45, 7) is 0. The molecule has 0 aliphatic heterocycles. The van der Waals surface area contributed by atoms with E-state index in [0.29, 0.717) is 6.07 Å². The molecule has 1 amide bonds. The summed E-state index contributed by atoms with van der Waals surface area (Å²) in [6.07, 6.45) is -8.29. The van der Waals surface area contributed by atoms with E-state index in [0.717, 1.165) is 18.2 Å². The van der Waals surface area contributed by atoms with E-state index in [1.807, 2.05) is 0 Å². The fourth-order valence-corrected chi connectivity index (χ4v) is 1.24. The Balaban J connectivity index is 3.04. The molecule has 0 fully saturated rings. The van der Waals surface area contributed by atoms with E-state index in [4.69, 9.17) is 10.8 Å². The maximum absolute atomic E-state index is 12.4. The van der Waals surface area contributed by atoms with Crippen molar-refractivity contribution in [3.8, 4) is 0 Å². The molecule has 0 saturated carbocycles. The van der Waals surface area contributed by atoms with Gasteiger partial charge in [-0.25, -0.2) is 0 Å². The highest BCUT2D eigenvalue weighted by Crippen LogP contribution is 2.31. The SMILES string of the molecule is NC(=O)C(O)C(O)c1cccc(C(F)(F)F)c1. The normalized spacial score (nSPS) is 15.4. The monoisotopic (exact) mass is 249 g/mol. The summed E-state index contributed by atoms with van der Waals surface area (Å²) in [7, 11) is 0. The summed E-state index contributed by atoms with van der Waals surface area (Å²) < 4.78 is 37.1. The number of primary amides is 1. The van der Waals surface area contributed by atoms with Crippen LogP contribution in [0.15, 0.2) is 24.3 Å². The lowest BCUT2D eigenvalue weighted by Crippen LogP contribution is -2.33. The Morgan fingerprint density at radius 1 is 1.29 bits per heavy atom. The second-order valence-corrected chi connectivity index (χ2v) is 3.42. The highest BCUT2D eigenvalue weighted by Gasteiger charge is 2.32. The van der Waals surface area contributed by atoms with Crippen LogP contribution in [0.5, 0.6) is 0 Å². The number of benzene rings is 1. The molecule has 0 saturated heterocycles. The van der Waals surface area contributed by atoms with E-state index < -0.39 is 29.9 Å². The zero-order valence-electron chi connectivity index (χ0n) is 8.48. The number of hydrogen-bond acceptors (Lipinski definition) is 3. The summed E-state index contributed by atoms with van der Waals surface area (Å²) in [4.78, 5) is 10.6. The molecule has 0 spiro atoms. The number of carbonyl (C=O) groups is 1. The molecular weight excluding hydrogens is 239 g/mol. The summed E-state index contributed by atoms with van der Waals surface area (Å²) in [5.41, 5.74) is 3.52. The first-order chi connectivity index (χ1) is 7.73. The first-order valence-corrected chi connectivity index (χ1v) is 4.56. The standard InChI is InChI=1S/C10H10F3NO3/c11-10(12,13)6-3-1-2-5(4-6)7(15)8(16)9(14)17/h1-4,7-8,15-16H,(H2,14,17). The van der Waals surface area contributed by atoms with Crippen LogP contribution in [-0.2, 0) is 11.0 Å². The lowest BCUT2D eigenvalue weighted by atomic mass is 10.0. The molecule has 2 atom stereocenters. The van der Waals surface area contributed by atoms with Crippen LogP contribution in [0.2, 0.25) is 0 Å². The topological polar surface area (TPSA) is 83.6 Å². The largest absolute Gasteiger partial charge is 0.416 e. The average Bonchev–Trinajstić information content (AvgIpc) is 2.26. The highest BCUT2D eigenvalue weighted by molar-refractivity contribution is 5.79. The number of halogens is 3. The van der Waals surface area contributed by atoms with Crippen LogP contribution in [0.25, 0.3) is 0 Å². The number of aliphatic hydroxyl groups excluding tert-OH is 2. The van der Waals surface area contributed by atoms with Gasteiger partial charge in [0.2, 0.25) is 5.91 Å². The second kappa shape index (κ2) is 4.72. The zero-order chi connectivity index (χ0) is 13.2. The fourth-order valence-electron chi connectivity index (χ4n) is 1.24. The number of nitrogens with two attached hydrogens (primary N) is 1. The number of amides is 1. The van der Waals surface area contributed by atoms with Crippen LogP contribution in [0.1, 0.15) is 17.2 Å². The van der Waals surface area contributed by atoms with Gasteiger partial charge >= 0.3 is 6.18 Å².